The maximum atomic E-state index is 12.8. The Bertz CT molecular complexity index is 583. The van der Waals surface area contributed by atoms with Crippen LogP contribution >= 0.6 is 15.9 Å². The second-order valence-corrected chi connectivity index (χ2v) is 8.51. The summed E-state index contributed by atoms with van der Waals surface area (Å²) >= 11 is 3.33. The van der Waals surface area contributed by atoms with Crippen LogP contribution in [0.1, 0.15) is 32.1 Å². The maximum Gasteiger partial charge on any atom is 0.246 e. The first-order valence-electron chi connectivity index (χ1n) is 7.25. The van der Waals surface area contributed by atoms with Crippen LogP contribution in [0.4, 0.5) is 0 Å². The zero-order chi connectivity index (χ0) is 15.5. The van der Waals surface area contributed by atoms with Gasteiger partial charge >= 0.3 is 0 Å². The molecule has 0 saturated heterocycles. The number of benzene rings is 1. The van der Waals surface area contributed by atoms with Crippen molar-refractivity contribution in [3.05, 3.63) is 22.7 Å². The third-order valence-electron chi connectivity index (χ3n) is 4.05. The Morgan fingerprint density at radius 1 is 1.29 bits per heavy atom. The summed E-state index contributed by atoms with van der Waals surface area (Å²) in [6.07, 6.45) is 5.93. The summed E-state index contributed by atoms with van der Waals surface area (Å²) in [5.74, 6) is 0.852. The first-order valence-corrected chi connectivity index (χ1v) is 9.48. The van der Waals surface area contributed by atoms with E-state index in [1.54, 1.807) is 25.2 Å². The first kappa shape index (κ1) is 16.8. The fourth-order valence-corrected chi connectivity index (χ4v) is 4.79. The molecule has 0 atom stereocenters. The van der Waals surface area contributed by atoms with Crippen molar-refractivity contribution in [2.45, 2.75) is 37.0 Å². The van der Waals surface area contributed by atoms with Gasteiger partial charge in [0.25, 0.3) is 0 Å². The van der Waals surface area contributed by atoms with Crippen LogP contribution in [0.3, 0.4) is 0 Å². The van der Waals surface area contributed by atoms with Crippen molar-refractivity contribution in [2.24, 2.45) is 5.92 Å². The third-order valence-corrected chi connectivity index (χ3v) is 6.39. The predicted octanol–water partition coefficient (Wildman–Crippen LogP) is 3.66. The molecule has 1 aliphatic rings. The summed E-state index contributed by atoms with van der Waals surface area (Å²) in [5, 5.41) is 0. The largest absolute Gasteiger partial charge is 0.495 e. The summed E-state index contributed by atoms with van der Waals surface area (Å²) in [6.45, 7) is 0.581. The van der Waals surface area contributed by atoms with Gasteiger partial charge in [-0.15, -0.1) is 0 Å². The van der Waals surface area contributed by atoms with Gasteiger partial charge in [0.1, 0.15) is 10.6 Å². The van der Waals surface area contributed by atoms with Crippen LogP contribution in [0.2, 0.25) is 0 Å². The molecule has 1 aromatic carbocycles. The molecular formula is C15H22BrNO3S. The lowest BCUT2D eigenvalue weighted by molar-refractivity contribution is 0.299. The van der Waals surface area contributed by atoms with E-state index >= 15 is 0 Å². The summed E-state index contributed by atoms with van der Waals surface area (Å²) in [5.41, 5.74) is 0. The fourth-order valence-electron chi connectivity index (χ4n) is 2.85. The minimum Gasteiger partial charge on any atom is -0.495 e. The molecule has 118 valence electrons. The topological polar surface area (TPSA) is 46.6 Å². The van der Waals surface area contributed by atoms with Crippen molar-refractivity contribution >= 4 is 26.0 Å². The number of rotatable bonds is 5. The maximum absolute atomic E-state index is 12.8. The normalized spacial score (nSPS) is 17.1. The van der Waals surface area contributed by atoms with Crippen molar-refractivity contribution in [1.29, 1.82) is 0 Å². The molecule has 2 rings (SSSR count). The molecule has 0 unspecified atom stereocenters. The summed E-state index contributed by atoms with van der Waals surface area (Å²) < 4.78 is 32.9. The van der Waals surface area contributed by atoms with E-state index < -0.39 is 10.0 Å². The monoisotopic (exact) mass is 375 g/mol. The van der Waals surface area contributed by atoms with E-state index in [4.69, 9.17) is 4.74 Å². The molecule has 0 heterocycles. The van der Waals surface area contributed by atoms with Crippen LogP contribution in [0, 0.1) is 5.92 Å². The second-order valence-electron chi connectivity index (χ2n) is 5.58. The van der Waals surface area contributed by atoms with Gasteiger partial charge in [-0.05, 0) is 37.0 Å². The van der Waals surface area contributed by atoms with Crippen LogP contribution in [-0.4, -0.2) is 33.4 Å². The van der Waals surface area contributed by atoms with Crippen LogP contribution in [0.5, 0.6) is 5.75 Å². The molecular weight excluding hydrogens is 354 g/mol. The van der Waals surface area contributed by atoms with Crippen molar-refractivity contribution < 1.29 is 13.2 Å². The molecule has 0 radical (unpaired) electrons. The van der Waals surface area contributed by atoms with Gasteiger partial charge in [-0.2, -0.15) is 0 Å². The standard InChI is InChI=1S/C15H22BrNO3S/c1-17(11-12-6-4-3-5-7-12)21(18,19)15-10-13(16)8-9-14(15)20-2/h8-10,12H,3-7,11H2,1-2H3. The average Bonchev–Trinajstić information content (AvgIpc) is 2.48. The van der Waals surface area contributed by atoms with Crippen molar-refractivity contribution in [2.75, 3.05) is 20.7 Å². The molecule has 0 aliphatic heterocycles. The molecule has 0 bridgehead atoms. The molecule has 6 heteroatoms. The summed E-state index contributed by atoms with van der Waals surface area (Å²) in [6, 6.07) is 5.05. The smallest absolute Gasteiger partial charge is 0.246 e. The van der Waals surface area contributed by atoms with E-state index in [9.17, 15) is 8.42 Å². The highest BCUT2D eigenvalue weighted by Crippen LogP contribution is 2.31. The zero-order valence-electron chi connectivity index (χ0n) is 12.5. The minimum absolute atomic E-state index is 0.220. The third kappa shape index (κ3) is 3.99. The van der Waals surface area contributed by atoms with Gasteiger partial charge < -0.3 is 4.74 Å². The highest BCUT2D eigenvalue weighted by molar-refractivity contribution is 9.10. The molecule has 1 saturated carbocycles. The predicted molar refractivity (Wildman–Crippen MR) is 87.1 cm³/mol. The molecule has 21 heavy (non-hydrogen) atoms. The van der Waals surface area contributed by atoms with Gasteiger partial charge in [-0.3, -0.25) is 0 Å². The first-order chi connectivity index (χ1) is 9.95. The molecule has 4 nitrogen and oxygen atoms in total. The Labute approximate surface area is 135 Å². The Morgan fingerprint density at radius 3 is 2.57 bits per heavy atom. The highest BCUT2D eigenvalue weighted by Gasteiger charge is 2.27. The van der Waals surface area contributed by atoms with Crippen LogP contribution < -0.4 is 4.74 Å². The van der Waals surface area contributed by atoms with E-state index in [1.165, 1.54) is 30.7 Å². The molecule has 1 aromatic rings. The van der Waals surface area contributed by atoms with E-state index in [1.807, 2.05) is 0 Å². The molecule has 0 aromatic heterocycles. The highest BCUT2D eigenvalue weighted by atomic mass is 79.9. The number of methoxy groups -OCH3 is 1. The number of hydrogen-bond donors (Lipinski definition) is 0. The average molecular weight is 376 g/mol. The molecule has 0 spiro atoms. The number of ether oxygens (including phenoxy) is 1. The van der Waals surface area contributed by atoms with Crippen molar-refractivity contribution in [1.82, 2.24) is 4.31 Å². The van der Waals surface area contributed by atoms with Gasteiger partial charge in [0.05, 0.1) is 7.11 Å². The molecule has 0 amide bonds. The van der Waals surface area contributed by atoms with Crippen molar-refractivity contribution in [3.8, 4) is 5.75 Å². The lowest BCUT2D eigenvalue weighted by Crippen LogP contribution is -2.33. The lowest BCUT2D eigenvalue weighted by Gasteiger charge is -2.27. The fraction of sp³-hybridized carbons (Fsp3) is 0.600. The van der Waals surface area contributed by atoms with E-state index in [2.05, 4.69) is 15.9 Å². The van der Waals surface area contributed by atoms with Crippen molar-refractivity contribution in [3.63, 3.8) is 0 Å². The van der Waals surface area contributed by atoms with Crippen LogP contribution in [0.25, 0.3) is 0 Å². The van der Waals surface area contributed by atoms with Gasteiger partial charge in [0, 0.05) is 18.1 Å². The number of sulfonamides is 1. The number of nitrogens with zero attached hydrogens (tertiary/aromatic N) is 1. The summed E-state index contributed by atoms with van der Waals surface area (Å²) in [7, 11) is -0.379. The van der Waals surface area contributed by atoms with Gasteiger partial charge in [0.2, 0.25) is 10.0 Å². The van der Waals surface area contributed by atoms with Gasteiger partial charge in [0.15, 0.2) is 0 Å². The van der Waals surface area contributed by atoms with E-state index in [-0.39, 0.29) is 4.90 Å². The van der Waals surface area contributed by atoms with Gasteiger partial charge in [-0.1, -0.05) is 35.2 Å². The number of halogens is 1. The Balaban J connectivity index is 2.22. The Hall–Kier alpha value is -0.590. The number of hydrogen-bond acceptors (Lipinski definition) is 3. The van der Waals surface area contributed by atoms with Crippen LogP contribution in [0.15, 0.2) is 27.6 Å². The summed E-state index contributed by atoms with van der Waals surface area (Å²) in [4.78, 5) is 0.220. The van der Waals surface area contributed by atoms with Gasteiger partial charge in [-0.25, -0.2) is 12.7 Å². The van der Waals surface area contributed by atoms with Crippen LogP contribution in [-0.2, 0) is 10.0 Å². The van der Waals surface area contributed by atoms with E-state index in [0.29, 0.717) is 18.2 Å². The van der Waals surface area contributed by atoms with E-state index in [0.717, 1.165) is 17.3 Å². The minimum atomic E-state index is -3.53. The second kappa shape index (κ2) is 7.11. The Kier molecular flexibility index (Phi) is 5.68. The Morgan fingerprint density at radius 2 is 1.95 bits per heavy atom. The zero-order valence-corrected chi connectivity index (χ0v) is 14.9. The molecule has 1 fully saturated rings. The SMILES string of the molecule is COc1ccc(Br)cc1S(=O)(=O)N(C)CC1CCCCC1. The lowest BCUT2D eigenvalue weighted by atomic mass is 9.89. The molecule has 1 aliphatic carbocycles. The quantitative estimate of drug-likeness (QED) is 0.788. The molecule has 0 N–H and O–H groups in total.